The number of fused-ring (bicyclic) bond motifs is 1. The van der Waals surface area contributed by atoms with Gasteiger partial charge in [0, 0.05) is 11.8 Å². The first-order valence-corrected chi connectivity index (χ1v) is 10.7. The fraction of sp³-hybridized carbons (Fsp3) is 0.182. The Kier molecular flexibility index (Phi) is 5.61. The van der Waals surface area contributed by atoms with Crippen LogP contribution in [0, 0.1) is 0 Å². The normalized spacial score (nSPS) is 12.5. The Morgan fingerprint density at radius 1 is 0.929 bits per heavy atom. The number of ether oxygens (including phenoxy) is 1. The Hall–Kier alpha value is -2.99. The highest BCUT2D eigenvalue weighted by Gasteiger charge is 2.31. The molecule has 0 N–H and O–H groups in total. The maximum Gasteiger partial charge on any atom is 0.321 e. The molecule has 0 heterocycles. The van der Waals surface area contributed by atoms with Gasteiger partial charge in [0.15, 0.2) is 15.6 Å². The average molecular weight is 396 g/mol. The quantitative estimate of drug-likeness (QED) is 0.360. The summed E-state index contributed by atoms with van der Waals surface area (Å²) in [6, 6.07) is 18.6. The predicted molar refractivity (Wildman–Crippen MR) is 107 cm³/mol. The summed E-state index contributed by atoms with van der Waals surface area (Å²) in [5, 5.41) is 1.91. The van der Waals surface area contributed by atoms with Crippen LogP contribution in [-0.4, -0.2) is 33.0 Å². The van der Waals surface area contributed by atoms with E-state index in [1.54, 1.807) is 19.1 Å². The Balaban J connectivity index is 2.03. The molecule has 144 valence electrons. The van der Waals surface area contributed by atoms with E-state index in [1.807, 2.05) is 30.3 Å². The molecule has 0 fully saturated rings. The van der Waals surface area contributed by atoms with Gasteiger partial charge in [0.1, 0.15) is 5.92 Å². The summed E-state index contributed by atoms with van der Waals surface area (Å²) in [4.78, 5) is 25.8. The second-order valence-corrected chi connectivity index (χ2v) is 8.47. The van der Waals surface area contributed by atoms with Crippen molar-refractivity contribution in [3.05, 3.63) is 77.9 Å². The first-order chi connectivity index (χ1) is 13.3. The summed E-state index contributed by atoms with van der Waals surface area (Å²) >= 11 is 0. The minimum absolute atomic E-state index is 0.113. The smallest absolute Gasteiger partial charge is 0.321 e. The van der Waals surface area contributed by atoms with Crippen molar-refractivity contribution in [2.24, 2.45) is 0 Å². The Morgan fingerprint density at radius 2 is 1.57 bits per heavy atom. The second kappa shape index (κ2) is 7.94. The molecule has 0 amide bonds. The molecule has 3 aromatic rings. The molecule has 0 spiro atoms. The topological polar surface area (TPSA) is 77.5 Å². The van der Waals surface area contributed by atoms with Crippen LogP contribution in [0.4, 0.5) is 0 Å². The number of hydrogen-bond acceptors (Lipinski definition) is 5. The standard InChI is InChI=1S/C22H20O5S/c1-3-27-22(24)20(18-9-8-15-6-4-5-7-17(15)14-18)21(23)16-10-12-19(13-11-16)28(2,25)26/h4-14,20H,3H2,1-2H3. The SMILES string of the molecule is CCOC(=O)C(C(=O)c1ccc(S(C)(=O)=O)cc1)c1ccc2ccccc2c1. The van der Waals surface area contributed by atoms with Gasteiger partial charge in [0.05, 0.1) is 11.5 Å². The zero-order valence-corrected chi connectivity index (χ0v) is 16.4. The Morgan fingerprint density at radius 3 is 2.18 bits per heavy atom. The van der Waals surface area contributed by atoms with Crippen LogP contribution in [0.2, 0.25) is 0 Å². The van der Waals surface area contributed by atoms with Gasteiger partial charge < -0.3 is 4.74 Å². The van der Waals surface area contributed by atoms with Gasteiger partial charge in [-0.1, -0.05) is 48.5 Å². The lowest BCUT2D eigenvalue weighted by Gasteiger charge is -2.16. The number of sulfone groups is 1. The molecule has 0 aromatic heterocycles. The van der Waals surface area contributed by atoms with Crippen molar-refractivity contribution in [2.45, 2.75) is 17.7 Å². The number of esters is 1. The molecule has 6 heteroatoms. The fourth-order valence-corrected chi connectivity index (χ4v) is 3.67. The Bertz CT molecular complexity index is 1130. The zero-order valence-electron chi connectivity index (χ0n) is 15.6. The number of rotatable bonds is 6. The minimum Gasteiger partial charge on any atom is -0.465 e. The Labute approximate surface area is 163 Å². The molecule has 0 aliphatic rings. The van der Waals surface area contributed by atoms with Gasteiger partial charge in [-0.05, 0) is 41.5 Å². The highest BCUT2D eigenvalue weighted by atomic mass is 32.2. The van der Waals surface area contributed by atoms with E-state index >= 15 is 0 Å². The first kappa shape index (κ1) is 19.8. The third kappa shape index (κ3) is 4.12. The number of benzene rings is 3. The molecule has 3 rings (SSSR count). The lowest BCUT2D eigenvalue weighted by molar-refractivity contribution is -0.143. The van der Waals surface area contributed by atoms with Crippen LogP contribution in [0.25, 0.3) is 10.8 Å². The van der Waals surface area contributed by atoms with Gasteiger partial charge in [-0.15, -0.1) is 0 Å². The second-order valence-electron chi connectivity index (χ2n) is 6.45. The van der Waals surface area contributed by atoms with Crippen molar-refractivity contribution >= 4 is 32.4 Å². The van der Waals surface area contributed by atoms with E-state index in [4.69, 9.17) is 4.74 Å². The molecule has 1 unspecified atom stereocenters. The maximum absolute atomic E-state index is 13.1. The van der Waals surface area contributed by atoms with Crippen LogP contribution < -0.4 is 0 Å². The van der Waals surface area contributed by atoms with Crippen LogP contribution in [0.15, 0.2) is 71.6 Å². The molecule has 0 radical (unpaired) electrons. The molecule has 0 aliphatic carbocycles. The monoisotopic (exact) mass is 396 g/mol. The molecule has 0 aliphatic heterocycles. The van der Waals surface area contributed by atoms with Gasteiger partial charge in [0.2, 0.25) is 0 Å². The van der Waals surface area contributed by atoms with Crippen LogP contribution in [0.1, 0.15) is 28.8 Å². The average Bonchev–Trinajstić information content (AvgIpc) is 2.67. The summed E-state index contributed by atoms with van der Waals surface area (Å²) in [5.74, 6) is -2.18. The molecule has 0 saturated carbocycles. The van der Waals surface area contributed by atoms with Crippen LogP contribution in [-0.2, 0) is 19.4 Å². The number of Topliss-reactive ketones (excluding diaryl/α,β-unsaturated/α-hetero) is 1. The minimum atomic E-state index is -3.37. The fourth-order valence-electron chi connectivity index (χ4n) is 3.04. The summed E-state index contributed by atoms with van der Waals surface area (Å²) in [6.07, 6.45) is 1.10. The summed E-state index contributed by atoms with van der Waals surface area (Å²) in [5.41, 5.74) is 0.785. The van der Waals surface area contributed by atoms with E-state index in [1.165, 1.54) is 24.3 Å². The highest BCUT2D eigenvalue weighted by Crippen LogP contribution is 2.27. The van der Waals surface area contributed by atoms with Crippen molar-refractivity contribution in [2.75, 3.05) is 12.9 Å². The lowest BCUT2D eigenvalue weighted by Crippen LogP contribution is -2.24. The lowest BCUT2D eigenvalue weighted by atomic mass is 9.89. The number of hydrogen-bond donors (Lipinski definition) is 0. The largest absolute Gasteiger partial charge is 0.465 e. The maximum atomic E-state index is 13.1. The van der Waals surface area contributed by atoms with Gasteiger partial charge >= 0.3 is 5.97 Å². The third-order valence-corrected chi connectivity index (χ3v) is 5.59. The summed E-state index contributed by atoms with van der Waals surface area (Å²) in [7, 11) is -3.37. The molecule has 0 bridgehead atoms. The van der Waals surface area contributed by atoms with Crippen LogP contribution in [0.3, 0.4) is 0 Å². The van der Waals surface area contributed by atoms with Crippen molar-refractivity contribution in [1.82, 2.24) is 0 Å². The van der Waals surface area contributed by atoms with E-state index in [9.17, 15) is 18.0 Å². The summed E-state index contributed by atoms with van der Waals surface area (Å²) < 4.78 is 28.4. The van der Waals surface area contributed by atoms with E-state index in [0.29, 0.717) is 5.56 Å². The van der Waals surface area contributed by atoms with Gasteiger partial charge in [-0.2, -0.15) is 0 Å². The van der Waals surface area contributed by atoms with Gasteiger partial charge in [0.25, 0.3) is 0 Å². The summed E-state index contributed by atoms with van der Waals surface area (Å²) in [6.45, 7) is 1.84. The van der Waals surface area contributed by atoms with E-state index in [0.717, 1.165) is 17.0 Å². The highest BCUT2D eigenvalue weighted by molar-refractivity contribution is 7.90. The van der Waals surface area contributed by atoms with E-state index in [-0.39, 0.29) is 17.1 Å². The number of carbonyl (C=O) groups excluding carboxylic acids is 2. The molecule has 0 saturated heterocycles. The zero-order chi connectivity index (χ0) is 20.3. The van der Waals surface area contributed by atoms with Gasteiger partial charge in [-0.3, -0.25) is 9.59 Å². The van der Waals surface area contributed by atoms with Crippen molar-refractivity contribution in [3.8, 4) is 0 Å². The molecular weight excluding hydrogens is 376 g/mol. The molecule has 5 nitrogen and oxygen atoms in total. The number of ketones is 1. The van der Waals surface area contributed by atoms with Crippen molar-refractivity contribution < 1.29 is 22.7 Å². The first-order valence-electron chi connectivity index (χ1n) is 8.81. The molecule has 1 atom stereocenters. The van der Waals surface area contributed by atoms with Crippen molar-refractivity contribution in [1.29, 1.82) is 0 Å². The van der Waals surface area contributed by atoms with Crippen molar-refractivity contribution in [3.63, 3.8) is 0 Å². The van der Waals surface area contributed by atoms with E-state index < -0.39 is 27.5 Å². The van der Waals surface area contributed by atoms with E-state index in [2.05, 4.69) is 0 Å². The number of carbonyl (C=O) groups is 2. The van der Waals surface area contributed by atoms with Crippen LogP contribution >= 0.6 is 0 Å². The molecule has 3 aromatic carbocycles. The van der Waals surface area contributed by atoms with Crippen LogP contribution in [0.5, 0.6) is 0 Å². The predicted octanol–water partition coefficient (Wildman–Crippen LogP) is 3.77. The van der Waals surface area contributed by atoms with Gasteiger partial charge in [-0.25, -0.2) is 8.42 Å². The molecule has 28 heavy (non-hydrogen) atoms. The third-order valence-electron chi connectivity index (χ3n) is 4.46. The molecular formula is C22H20O5S.